The molecule has 0 spiro atoms. The van der Waals surface area contributed by atoms with Crippen molar-refractivity contribution in [3.8, 4) is 0 Å². The average Bonchev–Trinajstić information content (AvgIpc) is 3.06. The van der Waals surface area contributed by atoms with Crippen molar-refractivity contribution in [1.29, 1.82) is 0 Å². The predicted molar refractivity (Wildman–Crippen MR) is 68.1 cm³/mol. The SMILES string of the molecule is CCCNC1CCCc2nc(C3CC3)sc21. The third kappa shape index (κ3) is 2.03. The van der Waals surface area contributed by atoms with E-state index in [0.29, 0.717) is 6.04 Å². The van der Waals surface area contributed by atoms with Crippen molar-refractivity contribution < 1.29 is 0 Å². The van der Waals surface area contributed by atoms with Crippen molar-refractivity contribution in [3.05, 3.63) is 15.6 Å². The second-order valence-corrected chi connectivity index (χ2v) is 6.10. The molecule has 1 N–H and O–H groups in total. The Bertz CT molecular complexity index is 368. The van der Waals surface area contributed by atoms with E-state index >= 15 is 0 Å². The summed E-state index contributed by atoms with van der Waals surface area (Å²) < 4.78 is 0. The Balaban J connectivity index is 1.80. The Morgan fingerprint density at radius 1 is 1.38 bits per heavy atom. The van der Waals surface area contributed by atoms with Crippen molar-refractivity contribution in [3.63, 3.8) is 0 Å². The fraction of sp³-hybridized carbons (Fsp3) is 0.769. The van der Waals surface area contributed by atoms with Gasteiger partial charge in [0.15, 0.2) is 0 Å². The summed E-state index contributed by atoms with van der Waals surface area (Å²) in [5.74, 6) is 0.822. The summed E-state index contributed by atoms with van der Waals surface area (Å²) in [7, 11) is 0. The summed E-state index contributed by atoms with van der Waals surface area (Å²) in [6.07, 6.45) is 7.80. The van der Waals surface area contributed by atoms with Crippen LogP contribution in [0.2, 0.25) is 0 Å². The largest absolute Gasteiger partial charge is 0.309 e. The number of aromatic nitrogens is 1. The maximum absolute atomic E-state index is 4.85. The Morgan fingerprint density at radius 2 is 2.25 bits per heavy atom. The fourth-order valence-corrected chi connectivity index (χ4v) is 3.85. The number of hydrogen-bond acceptors (Lipinski definition) is 3. The van der Waals surface area contributed by atoms with Crippen LogP contribution in [0.1, 0.15) is 66.6 Å². The van der Waals surface area contributed by atoms with Gasteiger partial charge in [-0.2, -0.15) is 0 Å². The highest BCUT2D eigenvalue weighted by molar-refractivity contribution is 7.12. The molecule has 0 amide bonds. The summed E-state index contributed by atoms with van der Waals surface area (Å²) >= 11 is 1.99. The molecule has 0 radical (unpaired) electrons. The number of aryl methyl sites for hydroxylation is 1. The van der Waals surface area contributed by atoms with E-state index in [2.05, 4.69) is 12.2 Å². The number of thiazole rings is 1. The topological polar surface area (TPSA) is 24.9 Å². The second kappa shape index (κ2) is 4.46. The first-order valence-corrected chi connectivity index (χ1v) is 7.43. The van der Waals surface area contributed by atoms with Gasteiger partial charge in [-0.3, -0.25) is 0 Å². The van der Waals surface area contributed by atoms with Gasteiger partial charge in [-0.15, -0.1) is 11.3 Å². The van der Waals surface area contributed by atoms with E-state index in [4.69, 9.17) is 4.98 Å². The van der Waals surface area contributed by atoms with E-state index in [9.17, 15) is 0 Å². The van der Waals surface area contributed by atoms with Gasteiger partial charge in [0.2, 0.25) is 0 Å². The minimum absolute atomic E-state index is 0.605. The molecule has 0 bridgehead atoms. The van der Waals surface area contributed by atoms with Crippen molar-refractivity contribution >= 4 is 11.3 Å². The highest BCUT2D eigenvalue weighted by Crippen LogP contribution is 2.45. The number of rotatable bonds is 4. The standard InChI is InChI=1S/C13H20N2S/c1-2-8-14-10-4-3-5-11-12(10)16-13(15-11)9-6-7-9/h9-10,14H,2-8H2,1H3. The van der Waals surface area contributed by atoms with E-state index < -0.39 is 0 Å². The van der Waals surface area contributed by atoms with Gasteiger partial charge in [-0.1, -0.05) is 6.92 Å². The van der Waals surface area contributed by atoms with E-state index in [1.54, 1.807) is 4.88 Å². The first-order valence-electron chi connectivity index (χ1n) is 6.61. The molecule has 1 aromatic rings. The lowest BCUT2D eigenvalue weighted by Crippen LogP contribution is -2.24. The van der Waals surface area contributed by atoms with Gasteiger partial charge in [0.1, 0.15) is 0 Å². The van der Waals surface area contributed by atoms with Crippen LogP contribution in [0.3, 0.4) is 0 Å². The van der Waals surface area contributed by atoms with Crippen molar-refractivity contribution in [2.75, 3.05) is 6.54 Å². The molecule has 1 heterocycles. The molecule has 2 aliphatic rings. The number of nitrogens with zero attached hydrogens (tertiary/aromatic N) is 1. The minimum Gasteiger partial charge on any atom is -0.309 e. The summed E-state index contributed by atoms with van der Waals surface area (Å²) in [4.78, 5) is 6.41. The highest BCUT2D eigenvalue weighted by atomic mass is 32.1. The van der Waals surface area contributed by atoms with Gasteiger partial charge in [-0.05, 0) is 45.1 Å². The molecule has 1 unspecified atom stereocenters. The van der Waals surface area contributed by atoms with Crippen LogP contribution in [0, 0.1) is 0 Å². The molecule has 1 saturated carbocycles. The molecular weight excluding hydrogens is 216 g/mol. The Kier molecular flexibility index (Phi) is 2.99. The Morgan fingerprint density at radius 3 is 3.00 bits per heavy atom. The molecule has 2 nitrogen and oxygen atoms in total. The van der Waals surface area contributed by atoms with Crippen LogP contribution in [0.25, 0.3) is 0 Å². The van der Waals surface area contributed by atoms with Gasteiger partial charge >= 0.3 is 0 Å². The molecule has 88 valence electrons. The molecule has 3 heteroatoms. The lowest BCUT2D eigenvalue weighted by Gasteiger charge is -2.22. The van der Waals surface area contributed by atoms with E-state index in [0.717, 1.165) is 12.5 Å². The molecule has 2 aliphatic carbocycles. The van der Waals surface area contributed by atoms with Crippen LogP contribution in [0.5, 0.6) is 0 Å². The van der Waals surface area contributed by atoms with Gasteiger partial charge in [0.25, 0.3) is 0 Å². The quantitative estimate of drug-likeness (QED) is 0.866. The van der Waals surface area contributed by atoms with Gasteiger partial charge in [-0.25, -0.2) is 4.98 Å². The average molecular weight is 236 g/mol. The zero-order chi connectivity index (χ0) is 11.0. The molecular formula is C13H20N2S. The Labute approximate surface area is 101 Å². The predicted octanol–water partition coefficient (Wildman–Crippen LogP) is 3.40. The van der Waals surface area contributed by atoms with E-state index in [-0.39, 0.29) is 0 Å². The molecule has 16 heavy (non-hydrogen) atoms. The second-order valence-electron chi connectivity index (χ2n) is 5.04. The normalized spacial score (nSPS) is 24.4. The number of nitrogens with one attached hydrogen (secondary N) is 1. The van der Waals surface area contributed by atoms with Crippen LogP contribution in [0.15, 0.2) is 0 Å². The van der Waals surface area contributed by atoms with E-state index in [1.165, 1.54) is 49.2 Å². The lowest BCUT2D eigenvalue weighted by atomic mass is 9.98. The smallest absolute Gasteiger partial charge is 0.0962 e. The van der Waals surface area contributed by atoms with Gasteiger partial charge in [0.05, 0.1) is 10.7 Å². The molecule has 1 aromatic heterocycles. The summed E-state index contributed by atoms with van der Waals surface area (Å²) in [5.41, 5.74) is 1.41. The minimum atomic E-state index is 0.605. The summed E-state index contributed by atoms with van der Waals surface area (Å²) in [5, 5.41) is 5.10. The molecule has 3 rings (SSSR count). The third-order valence-electron chi connectivity index (χ3n) is 3.53. The number of hydrogen-bond donors (Lipinski definition) is 1. The summed E-state index contributed by atoms with van der Waals surface area (Å²) in [6.45, 7) is 3.37. The zero-order valence-electron chi connectivity index (χ0n) is 9.96. The molecule has 1 atom stereocenters. The summed E-state index contributed by atoms with van der Waals surface area (Å²) in [6, 6.07) is 0.605. The monoisotopic (exact) mass is 236 g/mol. The van der Waals surface area contributed by atoms with Crippen LogP contribution >= 0.6 is 11.3 Å². The lowest BCUT2D eigenvalue weighted by molar-refractivity contribution is 0.464. The fourth-order valence-electron chi connectivity index (χ4n) is 2.46. The van der Waals surface area contributed by atoms with Gasteiger partial charge in [0, 0.05) is 16.8 Å². The maximum atomic E-state index is 4.85. The molecule has 0 saturated heterocycles. The van der Waals surface area contributed by atoms with Crippen molar-refractivity contribution in [2.24, 2.45) is 0 Å². The first-order chi connectivity index (χ1) is 7.88. The number of fused-ring (bicyclic) bond motifs is 1. The van der Waals surface area contributed by atoms with E-state index in [1.807, 2.05) is 11.3 Å². The molecule has 1 fully saturated rings. The zero-order valence-corrected chi connectivity index (χ0v) is 10.8. The van der Waals surface area contributed by atoms with Crippen LogP contribution in [-0.2, 0) is 6.42 Å². The van der Waals surface area contributed by atoms with Gasteiger partial charge < -0.3 is 5.32 Å². The Hall–Kier alpha value is -0.410. The maximum Gasteiger partial charge on any atom is 0.0962 e. The molecule has 0 aromatic carbocycles. The van der Waals surface area contributed by atoms with Crippen molar-refractivity contribution in [1.82, 2.24) is 10.3 Å². The van der Waals surface area contributed by atoms with Crippen LogP contribution in [-0.4, -0.2) is 11.5 Å². The van der Waals surface area contributed by atoms with Crippen molar-refractivity contribution in [2.45, 2.75) is 57.4 Å². The van der Waals surface area contributed by atoms with Crippen LogP contribution < -0.4 is 5.32 Å². The third-order valence-corrected chi connectivity index (χ3v) is 4.91. The van der Waals surface area contributed by atoms with Crippen LogP contribution in [0.4, 0.5) is 0 Å². The first kappa shape index (κ1) is 10.7. The molecule has 0 aliphatic heterocycles. The highest BCUT2D eigenvalue weighted by Gasteiger charge is 2.31.